The van der Waals surface area contributed by atoms with Crippen LogP contribution < -0.4 is 20.0 Å². The summed E-state index contributed by atoms with van der Waals surface area (Å²) < 4.78 is 14.8. The molecule has 0 aliphatic carbocycles. The summed E-state index contributed by atoms with van der Waals surface area (Å²) in [5.74, 6) is -0.309. The van der Waals surface area contributed by atoms with E-state index < -0.39 is 11.4 Å². The monoisotopic (exact) mass is 890 g/mol. The highest BCUT2D eigenvalue weighted by Gasteiger charge is 2.27. The number of urea groups is 1. The van der Waals surface area contributed by atoms with Crippen LogP contribution in [0.25, 0.3) is 33.4 Å². The van der Waals surface area contributed by atoms with Crippen molar-refractivity contribution < 1.29 is 23.9 Å². The van der Waals surface area contributed by atoms with Crippen LogP contribution in [0.15, 0.2) is 97.2 Å². The lowest BCUT2D eigenvalue weighted by molar-refractivity contribution is -0.120. The number of rotatable bonds is 13. The van der Waals surface area contributed by atoms with E-state index >= 15 is 0 Å². The number of Topliss-reactive ketones (excluding diaryl/α,β-unsaturated/α-hetero) is 1. The highest BCUT2D eigenvalue weighted by Crippen LogP contribution is 2.34. The minimum atomic E-state index is -1.18. The molecule has 1 atom stereocenters. The van der Waals surface area contributed by atoms with Crippen molar-refractivity contribution in [1.29, 1.82) is 0 Å². The summed E-state index contributed by atoms with van der Waals surface area (Å²) in [6.45, 7) is 15.0. The molecular formula is C53H59FN8O4. The zero-order valence-electron chi connectivity index (χ0n) is 38.3. The quantitative estimate of drug-likeness (QED) is 0.0970. The number of hydrogen-bond acceptors (Lipinski definition) is 9. The largest absolute Gasteiger partial charge is 0.386 e. The normalized spacial score (nSPS) is 17.1. The number of nitrogens with zero attached hydrogens (tertiary/aromatic N) is 6. The van der Waals surface area contributed by atoms with Gasteiger partial charge in [0, 0.05) is 105 Å². The van der Waals surface area contributed by atoms with Crippen molar-refractivity contribution in [3.63, 3.8) is 0 Å². The van der Waals surface area contributed by atoms with Crippen molar-refractivity contribution in [2.75, 3.05) is 67.1 Å². The molecule has 3 N–H and O–H groups in total. The lowest BCUT2D eigenvalue weighted by Gasteiger charge is -2.40. The number of imide groups is 1. The highest BCUT2D eigenvalue weighted by molar-refractivity contribution is 6.05. The third-order valence-electron chi connectivity index (χ3n) is 13.9. The van der Waals surface area contributed by atoms with Crippen molar-refractivity contribution in [3.8, 4) is 22.4 Å². The second kappa shape index (κ2) is 18.8. The predicted octanol–water partition coefficient (Wildman–Crippen LogP) is 9.22. The molecule has 0 spiro atoms. The molecule has 0 radical (unpaired) electrons. The summed E-state index contributed by atoms with van der Waals surface area (Å²) in [7, 11) is 0. The van der Waals surface area contributed by atoms with Crippen LogP contribution in [0.4, 0.5) is 26.2 Å². The zero-order valence-corrected chi connectivity index (χ0v) is 38.3. The number of ketones is 1. The zero-order chi connectivity index (χ0) is 46.1. The predicted molar refractivity (Wildman–Crippen MR) is 259 cm³/mol. The number of anilines is 3. The fourth-order valence-corrected chi connectivity index (χ4v) is 9.86. The average Bonchev–Trinajstić information content (AvgIpc) is 3.74. The summed E-state index contributed by atoms with van der Waals surface area (Å²) >= 11 is 0. The van der Waals surface area contributed by atoms with Gasteiger partial charge < -0.3 is 14.9 Å². The molecule has 0 saturated carbocycles. The van der Waals surface area contributed by atoms with Crippen molar-refractivity contribution >= 4 is 45.8 Å². The number of aromatic amines is 1. The standard InChI is InChI=1S/C53H59FN8O4/c1-34(5-18-48(63)45-17-9-40(31-47(45)54)53(3,4)66)44-16-8-38(29-35(44)2)50-46-30-39(32-55-51(46)58-57-50)37-6-10-41(11-7-37)61-27-25-59(26-28-61)33-36-19-22-60(23-20-36)42-12-14-43(15-13-42)62-24-21-49(64)56-52(62)65/h6-17,29-32,34,36,66H,5,18-28,33H2,1-4H3,(H,55,57,58)(H,56,64,65)/t34-/m0/s1. The van der Waals surface area contributed by atoms with Crippen LogP contribution in [0, 0.1) is 18.7 Å². The number of carbonyl (C=O) groups is 3. The molecule has 2 aromatic heterocycles. The average molecular weight is 891 g/mol. The molecular weight excluding hydrogens is 832 g/mol. The number of carbonyl (C=O) groups excluding carboxylic acids is 3. The van der Waals surface area contributed by atoms with Gasteiger partial charge in [0.05, 0.1) is 11.2 Å². The number of pyridine rings is 1. The molecule has 3 fully saturated rings. The van der Waals surface area contributed by atoms with Gasteiger partial charge in [-0.2, -0.15) is 5.10 Å². The van der Waals surface area contributed by atoms with E-state index in [0.29, 0.717) is 30.9 Å². The Bertz CT molecular complexity index is 2730. The number of aryl methyl sites for hydroxylation is 1. The van der Waals surface area contributed by atoms with Gasteiger partial charge in [-0.1, -0.05) is 37.3 Å². The lowest BCUT2D eigenvalue weighted by Crippen LogP contribution is -2.49. The first-order chi connectivity index (χ1) is 31.8. The van der Waals surface area contributed by atoms with Crippen molar-refractivity contribution in [2.45, 2.75) is 71.3 Å². The Hall–Kier alpha value is -6.44. The lowest BCUT2D eigenvalue weighted by atomic mass is 9.89. The van der Waals surface area contributed by atoms with Gasteiger partial charge in [-0.25, -0.2) is 14.2 Å². The molecule has 3 aliphatic rings. The first-order valence-corrected chi connectivity index (χ1v) is 23.3. The minimum absolute atomic E-state index is 0.0569. The van der Waals surface area contributed by atoms with Gasteiger partial charge >= 0.3 is 6.03 Å². The van der Waals surface area contributed by atoms with Crippen LogP contribution in [0.3, 0.4) is 0 Å². The minimum Gasteiger partial charge on any atom is -0.386 e. The second-order valence-electron chi connectivity index (χ2n) is 18.9. The van der Waals surface area contributed by atoms with Crippen LogP contribution in [0.2, 0.25) is 0 Å². The molecule has 4 aromatic carbocycles. The SMILES string of the molecule is Cc1cc(-c2n[nH]c3ncc(-c4ccc(N5CCN(CC6CCN(c7ccc(N8CCC(=O)NC8=O)cc7)CC6)CC5)cc4)cc23)ccc1[C@@H](C)CCC(=O)c1ccc(C(C)(C)O)cc1F. The van der Waals surface area contributed by atoms with Crippen LogP contribution in [-0.4, -0.2) is 95.3 Å². The van der Waals surface area contributed by atoms with Crippen LogP contribution in [0.5, 0.6) is 0 Å². The Balaban J connectivity index is 0.759. The number of aliphatic hydroxyl groups is 1. The number of fused-ring (bicyclic) bond motifs is 1. The Kier molecular flexibility index (Phi) is 12.8. The third kappa shape index (κ3) is 9.73. The highest BCUT2D eigenvalue weighted by atomic mass is 19.1. The van der Waals surface area contributed by atoms with E-state index in [0.717, 1.165) is 109 Å². The van der Waals surface area contributed by atoms with Crippen LogP contribution >= 0.6 is 0 Å². The van der Waals surface area contributed by atoms with Gasteiger partial charge in [0.2, 0.25) is 5.91 Å². The summed E-state index contributed by atoms with van der Waals surface area (Å²) in [5, 5.41) is 21.4. The van der Waals surface area contributed by atoms with Crippen LogP contribution in [0.1, 0.15) is 85.8 Å². The first kappa shape index (κ1) is 44.7. The van der Waals surface area contributed by atoms with Gasteiger partial charge in [-0.05, 0) is 135 Å². The first-order valence-electron chi connectivity index (χ1n) is 23.3. The Labute approximate surface area is 385 Å². The molecule has 9 rings (SSSR count). The summed E-state index contributed by atoms with van der Waals surface area (Å²) in [5.41, 5.74) is 9.41. The van der Waals surface area contributed by atoms with Gasteiger partial charge in [0.1, 0.15) is 11.5 Å². The number of piperidine rings is 1. The molecule has 5 heterocycles. The number of H-pyrrole nitrogens is 1. The second-order valence-corrected chi connectivity index (χ2v) is 18.9. The topological polar surface area (TPSA) is 138 Å². The fourth-order valence-electron chi connectivity index (χ4n) is 9.86. The molecule has 66 heavy (non-hydrogen) atoms. The molecule has 3 aliphatic heterocycles. The van der Waals surface area contributed by atoms with E-state index in [9.17, 15) is 23.9 Å². The molecule has 0 unspecified atom stereocenters. The van der Waals surface area contributed by atoms with Gasteiger partial charge in [-0.15, -0.1) is 0 Å². The molecule has 0 bridgehead atoms. The molecule has 12 nitrogen and oxygen atoms in total. The van der Waals surface area contributed by atoms with Gasteiger partial charge in [-0.3, -0.25) is 29.8 Å². The third-order valence-corrected chi connectivity index (χ3v) is 13.9. The number of hydrogen-bond donors (Lipinski definition) is 3. The fraction of sp³-hybridized carbons (Fsp3) is 0.377. The summed E-state index contributed by atoms with van der Waals surface area (Å²) in [6.07, 6.45) is 5.33. The van der Waals surface area contributed by atoms with Gasteiger partial charge in [0.15, 0.2) is 11.4 Å². The molecule has 13 heteroatoms. The number of benzene rings is 4. The Morgan fingerprint density at radius 3 is 2.15 bits per heavy atom. The number of piperazine rings is 1. The van der Waals surface area contributed by atoms with E-state index in [1.54, 1.807) is 24.8 Å². The number of nitrogens with one attached hydrogen (secondary N) is 2. The van der Waals surface area contributed by atoms with Crippen molar-refractivity contribution in [2.24, 2.45) is 5.92 Å². The van der Waals surface area contributed by atoms with Crippen LogP contribution in [-0.2, 0) is 10.4 Å². The maximum atomic E-state index is 14.8. The Morgan fingerprint density at radius 2 is 1.48 bits per heavy atom. The molecule has 6 aromatic rings. The summed E-state index contributed by atoms with van der Waals surface area (Å²) in [6, 6.07) is 29.4. The maximum Gasteiger partial charge on any atom is 0.328 e. The van der Waals surface area contributed by atoms with E-state index in [1.165, 1.54) is 23.5 Å². The number of amides is 3. The number of aromatic nitrogens is 3. The summed E-state index contributed by atoms with van der Waals surface area (Å²) in [4.78, 5) is 50.7. The molecule has 3 saturated heterocycles. The van der Waals surface area contributed by atoms with E-state index in [-0.39, 0.29) is 35.6 Å². The molecule has 3 amide bonds. The van der Waals surface area contributed by atoms with Crippen molar-refractivity contribution in [1.82, 2.24) is 25.4 Å². The van der Waals surface area contributed by atoms with E-state index in [2.05, 4.69) is 105 Å². The molecule has 342 valence electrons. The van der Waals surface area contributed by atoms with E-state index in [4.69, 9.17) is 4.98 Å². The smallest absolute Gasteiger partial charge is 0.328 e. The maximum absolute atomic E-state index is 14.8. The van der Waals surface area contributed by atoms with Gasteiger partial charge in [0.25, 0.3) is 0 Å². The number of halogens is 1. The Morgan fingerprint density at radius 1 is 0.818 bits per heavy atom. The van der Waals surface area contributed by atoms with E-state index in [1.807, 2.05) is 18.3 Å². The van der Waals surface area contributed by atoms with Crippen molar-refractivity contribution in [3.05, 3.63) is 125 Å².